The maximum atomic E-state index is 11.5. The Labute approximate surface area is 128 Å². The number of benzene rings is 1. The molecular formula is C15H18N2O5. The Morgan fingerprint density at radius 3 is 2.64 bits per heavy atom. The third-order valence-electron chi connectivity index (χ3n) is 2.35. The van der Waals surface area contributed by atoms with Crippen LogP contribution in [0.2, 0.25) is 0 Å². The van der Waals surface area contributed by atoms with E-state index in [1.54, 1.807) is 6.07 Å². The minimum atomic E-state index is -0.699. The van der Waals surface area contributed by atoms with E-state index in [4.69, 9.17) is 4.74 Å². The molecule has 1 amide bonds. The standard InChI is InChI=1S/C15H18N2O5/c1-15(2,3)16-13(18)10-22-14(19)8-7-11-5-4-6-12(9-11)17(20)21/h4-9H,10H2,1-3H3,(H,16,18)/b8-7+. The average Bonchev–Trinajstić information content (AvgIpc) is 2.41. The van der Waals surface area contributed by atoms with Crippen LogP contribution in [-0.2, 0) is 14.3 Å². The number of carbonyl (C=O) groups is 2. The van der Waals surface area contributed by atoms with Crippen LogP contribution in [0.15, 0.2) is 30.3 Å². The van der Waals surface area contributed by atoms with Gasteiger partial charge in [0.15, 0.2) is 6.61 Å². The smallest absolute Gasteiger partial charge is 0.331 e. The van der Waals surface area contributed by atoms with Crippen LogP contribution in [0.25, 0.3) is 6.08 Å². The number of nitro benzene ring substituents is 1. The molecule has 1 aromatic carbocycles. The Hall–Kier alpha value is -2.70. The molecule has 0 aliphatic heterocycles. The molecule has 0 aliphatic rings. The van der Waals surface area contributed by atoms with E-state index in [0.717, 1.165) is 6.08 Å². The van der Waals surface area contributed by atoms with Crippen LogP contribution in [-0.4, -0.2) is 28.9 Å². The quantitative estimate of drug-likeness (QED) is 0.388. The van der Waals surface area contributed by atoms with E-state index in [0.29, 0.717) is 5.56 Å². The van der Waals surface area contributed by atoms with Crippen LogP contribution in [0.1, 0.15) is 26.3 Å². The predicted molar refractivity (Wildman–Crippen MR) is 81.0 cm³/mol. The summed E-state index contributed by atoms with van der Waals surface area (Å²) in [6, 6.07) is 5.81. The van der Waals surface area contributed by atoms with Gasteiger partial charge in [-0.1, -0.05) is 12.1 Å². The minimum absolute atomic E-state index is 0.0694. The maximum absolute atomic E-state index is 11.5. The van der Waals surface area contributed by atoms with Crippen molar-refractivity contribution in [2.24, 2.45) is 0 Å². The van der Waals surface area contributed by atoms with Crippen molar-refractivity contribution >= 4 is 23.6 Å². The lowest BCUT2D eigenvalue weighted by molar-refractivity contribution is -0.384. The van der Waals surface area contributed by atoms with Crippen molar-refractivity contribution in [3.05, 3.63) is 46.0 Å². The van der Waals surface area contributed by atoms with Gasteiger partial charge < -0.3 is 10.1 Å². The van der Waals surface area contributed by atoms with Crippen molar-refractivity contribution in [3.63, 3.8) is 0 Å². The summed E-state index contributed by atoms with van der Waals surface area (Å²) in [5.41, 5.74) is 0.0211. The number of amides is 1. The van der Waals surface area contributed by atoms with E-state index in [9.17, 15) is 19.7 Å². The monoisotopic (exact) mass is 306 g/mol. The van der Waals surface area contributed by atoms with E-state index in [2.05, 4.69) is 5.32 Å². The topological polar surface area (TPSA) is 98.5 Å². The number of non-ortho nitro benzene ring substituents is 1. The van der Waals surface area contributed by atoms with Crippen molar-refractivity contribution in [2.45, 2.75) is 26.3 Å². The second kappa shape index (κ2) is 7.35. The van der Waals surface area contributed by atoms with Gasteiger partial charge in [0.1, 0.15) is 0 Å². The first kappa shape index (κ1) is 17.4. The molecule has 0 heterocycles. The summed E-state index contributed by atoms with van der Waals surface area (Å²) in [5, 5.41) is 13.3. The lowest BCUT2D eigenvalue weighted by Gasteiger charge is -2.20. The highest BCUT2D eigenvalue weighted by Crippen LogP contribution is 2.14. The summed E-state index contributed by atoms with van der Waals surface area (Å²) < 4.78 is 4.78. The molecule has 1 rings (SSSR count). The van der Waals surface area contributed by atoms with Crippen molar-refractivity contribution in [3.8, 4) is 0 Å². The number of hydrogen-bond acceptors (Lipinski definition) is 5. The molecule has 0 saturated carbocycles. The highest BCUT2D eigenvalue weighted by molar-refractivity contribution is 5.89. The van der Waals surface area contributed by atoms with Crippen molar-refractivity contribution in [1.29, 1.82) is 0 Å². The lowest BCUT2D eigenvalue weighted by Crippen LogP contribution is -2.42. The number of nitrogens with one attached hydrogen (secondary N) is 1. The molecule has 118 valence electrons. The van der Waals surface area contributed by atoms with Crippen LogP contribution in [0, 0.1) is 10.1 Å². The average molecular weight is 306 g/mol. The summed E-state index contributed by atoms with van der Waals surface area (Å²) in [6.07, 6.45) is 2.50. The number of ether oxygens (including phenoxy) is 1. The minimum Gasteiger partial charge on any atom is -0.452 e. The van der Waals surface area contributed by atoms with Gasteiger partial charge in [-0.25, -0.2) is 4.79 Å². The molecule has 7 nitrogen and oxygen atoms in total. The number of hydrogen-bond donors (Lipinski definition) is 1. The molecule has 1 N–H and O–H groups in total. The Bertz CT molecular complexity index is 602. The Morgan fingerprint density at radius 1 is 1.36 bits per heavy atom. The zero-order valence-electron chi connectivity index (χ0n) is 12.7. The SMILES string of the molecule is CC(C)(C)NC(=O)COC(=O)/C=C/c1cccc([N+](=O)[O-])c1. The molecule has 0 aromatic heterocycles. The third kappa shape index (κ3) is 6.65. The first-order valence-electron chi connectivity index (χ1n) is 6.58. The second-order valence-electron chi connectivity index (χ2n) is 5.59. The molecule has 0 radical (unpaired) electrons. The first-order valence-corrected chi connectivity index (χ1v) is 6.58. The molecule has 7 heteroatoms. The Morgan fingerprint density at radius 2 is 2.05 bits per heavy atom. The van der Waals surface area contributed by atoms with Gasteiger partial charge in [0, 0.05) is 23.7 Å². The first-order chi connectivity index (χ1) is 10.2. The molecule has 0 fully saturated rings. The molecule has 1 aromatic rings. The lowest BCUT2D eigenvalue weighted by atomic mass is 10.1. The van der Waals surface area contributed by atoms with Crippen LogP contribution in [0.4, 0.5) is 5.69 Å². The number of nitrogens with zero attached hydrogens (tertiary/aromatic N) is 1. The highest BCUT2D eigenvalue weighted by Gasteiger charge is 2.14. The van der Waals surface area contributed by atoms with Gasteiger partial charge in [0.05, 0.1) is 4.92 Å². The Kier molecular flexibility index (Phi) is 5.80. The van der Waals surface area contributed by atoms with Gasteiger partial charge in [0.2, 0.25) is 0 Å². The molecule has 22 heavy (non-hydrogen) atoms. The zero-order chi connectivity index (χ0) is 16.8. The van der Waals surface area contributed by atoms with Crippen LogP contribution >= 0.6 is 0 Å². The molecule has 0 atom stereocenters. The van der Waals surface area contributed by atoms with E-state index < -0.39 is 22.3 Å². The van der Waals surface area contributed by atoms with Crippen LogP contribution in [0.3, 0.4) is 0 Å². The van der Waals surface area contributed by atoms with Crippen molar-refractivity contribution in [2.75, 3.05) is 6.61 Å². The highest BCUT2D eigenvalue weighted by atomic mass is 16.6. The van der Waals surface area contributed by atoms with E-state index in [1.807, 2.05) is 20.8 Å². The molecule has 0 bridgehead atoms. The van der Waals surface area contributed by atoms with Gasteiger partial charge in [0.25, 0.3) is 11.6 Å². The fourth-order valence-electron chi connectivity index (χ4n) is 1.55. The third-order valence-corrected chi connectivity index (χ3v) is 2.35. The summed E-state index contributed by atoms with van der Waals surface area (Å²) in [6.45, 7) is 5.06. The summed E-state index contributed by atoms with van der Waals surface area (Å²) in [4.78, 5) is 33.1. The van der Waals surface area contributed by atoms with Gasteiger partial charge in [-0.3, -0.25) is 14.9 Å². The number of carbonyl (C=O) groups excluding carboxylic acids is 2. The van der Waals surface area contributed by atoms with Gasteiger partial charge in [-0.2, -0.15) is 0 Å². The number of esters is 1. The van der Waals surface area contributed by atoms with Gasteiger partial charge in [-0.05, 0) is 32.4 Å². The maximum Gasteiger partial charge on any atom is 0.331 e. The fraction of sp³-hybridized carbons (Fsp3) is 0.333. The summed E-state index contributed by atoms with van der Waals surface area (Å²) >= 11 is 0. The van der Waals surface area contributed by atoms with E-state index >= 15 is 0 Å². The van der Waals surface area contributed by atoms with Crippen LogP contribution in [0.5, 0.6) is 0 Å². The molecule has 0 aliphatic carbocycles. The van der Waals surface area contributed by atoms with E-state index in [1.165, 1.54) is 24.3 Å². The predicted octanol–water partition coefficient (Wildman–Crippen LogP) is 2.07. The summed E-state index contributed by atoms with van der Waals surface area (Å²) in [7, 11) is 0. The molecule has 0 saturated heterocycles. The van der Waals surface area contributed by atoms with Crippen molar-refractivity contribution < 1.29 is 19.2 Å². The molecular weight excluding hydrogens is 288 g/mol. The van der Waals surface area contributed by atoms with Crippen LogP contribution < -0.4 is 5.32 Å². The Balaban J connectivity index is 2.53. The normalized spacial score (nSPS) is 11.2. The van der Waals surface area contributed by atoms with E-state index in [-0.39, 0.29) is 12.3 Å². The molecule has 0 spiro atoms. The second-order valence-corrected chi connectivity index (χ2v) is 5.59. The largest absolute Gasteiger partial charge is 0.452 e. The van der Waals surface area contributed by atoms with Gasteiger partial charge >= 0.3 is 5.97 Å². The van der Waals surface area contributed by atoms with Crippen molar-refractivity contribution in [1.82, 2.24) is 5.32 Å². The zero-order valence-corrected chi connectivity index (χ0v) is 12.7. The number of rotatable bonds is 5. The fourth-order valence-corrected chi connectivity index (χ4v) is 1.55. The molecule has 0 unspecified atom stereocenters. The van der Waals surface area contributed by atoms with Gasteiger partial charge in [-0.15, -0.1) is 0 Å². The number of nitro groups is 1. The summed E-state index contributed by atoms with van der Waals surface area (Å²) in [5.74, 6) is -1.10.